The number of rotatable bonds is 7. The quantitative estimate of drug-likeness (QED) is 0.335. The Hall–Kier alpha value is -1.46. The normalized spacial score (nSPS) is 14.5. The Morgan fingerprint density at radius 3 is 2.82 bits per heavy atom. The fourth-order valence-corrected chi connectivity index (χ4v) is 3.80. The van der Waals surface area contributed by atoms with Crippen molar-refractivity contribution in [3.8, 4) is 0 Å². The highest BCUT2D eigenvalue weighted by Gasteiger charge is 2.15. The molecule has 2 aromatic rings. The number of hydrogen-bond acceptors (Lipinski definition) is 6. The van der Waals surface area contributed by atoms with Crippen molar-refractivity contribution in [3.63, 3.8) is 0 Å². The van der Waals surface area contributed by atoms with Gasteiger partial charge in [0.05, 0.1) is 18.2 Å². The molecule has 1 aliphatic heterocycles. The smallest absolute Gasteiger partial charge is 0.191 e. The number of aromatic nitrogens is 2. The molecular weight excluding hydrogens is 487 g/mol. The van der Waals surface area contributed by atoms with Gasteiger partial charge in [-0.2, -0.15) is 0 Å². The average Bonchev–Trinajstić information content (AvgIpc) is 3.19. The van der Waals surface area contributed by atoms with Crippen molar-refractivity contribution in [2.45, 2.75) is 26.3 Å². The molecule has 2 N–H and O–H groups in total. The van der Waals surface area contributed by atoms with E-state index in [1.54, 1.807) is 18.4 Å². The lowest BCUT2D eigenvalue weighted by molar-refractivity contribution is 0.122. The zero-order chi connectivity index (χ0) is 18.9. The number of aliphatic imine (C=N–C) groups is 1. The Morgan fingerprint density at radius 1 is 1.29 bits per heavy atom. The van der Waals surface area contributed by atoms with Crippen molar-refractivity contribution in [2.75, 3.05) is 44.8 Å². The first-order chi connectivity index (χ1) is 13.3. The van der Waals surface area contributed by atoms with Gasteiger partial charge in [0, 0.05) is 62.5 Å². The molecule has 0 aliphatic carbocycles. The number of halogens is 1. The summed E-state index contributed by atoms with van der Waals surface area (Å²) in [6.07, 6.45) is 5.77. The highest BCUT2D eigenvalue weighted by atomic mass is 127. The zero-order valence-electron chi connectivity index (χ0n) is 16.5. The van der Waals surface area contributed by atoms with E-state index >= 15 is 0 Å². The first kappa shape index (κ1) is 22.8. The molecule has 28 heavy (non-hydrogen) atoms. The van der Waals surface area contributed by atoms with Gasteiger partial charge in [0.15, 0.2) is 5.96 Å². The Balaban J connectivity index is 0.00000280. The van der Waals surface area contributed by atoms with Gasteiger partial charge in [-0.3, -0.25) is 4.99 Å². The van der Waals surface area contributed by atoms with E-state index in [1.165, 1.54) is 4.88 Å². The summed E-state index contributed by atoms with van der Waals surface area (Å²) in [6.45, 7) is 6.91. The van der Waals surface area contributed by atoms with E-state index < -0.39 is 0 Å². The van der Waals surface area contributed by atoms with Crippen molar-refractivity contribution in [1.29, 1.82) is 0 Å². The Bertz CT molecular complexity index is 748. The van der Waals surface area contributed by atoms with Gasteiger partial charge >= 0.3 is 0 Å². The second-order valence-corrected chi connectivity index (χ2v) is 7.46. The van der Waals surface area contributed by atoms with Gasteiger partial charge in [-0.1, -0.05) is 13.0 Å². The molecule has 0 amide bonds. The molecule has 2 aromatic heterocycles. The van der Waals surface area contributed by atoms with Crippen LogP contribution in [0.15, 0.2) is 29.5 Å². The van der Waals surface area contributed by atoms with Crippen LogP contribution < -0.4 is 15.5 Å². The number of anilines is 1. The number of pyridine rings is 1. The van der Waals surface area contributed by atoms with Gasteiger partial charge in [0.1, 0.15) is 5.82 Å². The topological polar surface area (TPSA) is 74.7 Å². The Labute approximate surface area is 188 Å². The third-order valence-corrected chi connectivity index (χ3v) is 5.63. The van der Waals surface area contributed by atoms with Gasteiger partial charge in [-0.25, -0.2) is 9.97 Å². The van der Waals surface area contributed by atoms with Crippen LogP contribution >= 0.6 is 35.3 Å². The summed E-state index contributed by atoms with van der Waals surface area (Å²) in [6, 6.07) is 4.09. The molecule has 0 bridgehead atoms. The largest absolute Gasteiger partial charge is 0.378 e. The van der Waals surface area contributed by atoms with Gasteiger partial charge in [0.2, 0.25) is 0 Å². The fraction of sp³-hybridized carbons (Fsp3) is 0.526. The monoisotopic (exact) mass is 516 g/mol. The van der Waals surface area contributed by atoms with Gasteiger partial charge in [0.25, 0.3) is 0 Å². The van der Waals surface area contributed by atoms with Crippen LogP contribution in [-0.2, 0) is 24.1 Å². The van der Waals surface area contributed by atoms with Crippen molar-refractivity contribution < 1.29 is 4.74 Å². The molecule has 0 radical (unpaired) electrons. The van der Waals surface area contributed by atoms with E-state index in [9.17, 15) is 0 Å². The Morgan fingerprint density at radius 2 is 2.11 bits per heavy atom. The minimum Gasteiger partial charge on any atom is -0.378 e. The number of hydrogen-bond donors (Lipinski definition) is 2. The summed E-state index contributed by atoms with van der Waals surface area (Å²) in [5, 5.41) is 7.92. The second kappa shape index (κ2) is 12.2. The number of thiazole rings is 1. The van der Waals surface area contributed by atoms with Crippen LogP contribution in [0.3, 0.4) is 0 Å². The number of nitrogens with one attached hydrogen (secondary N) is 2. The van der Waals surface area contributed by atoms with Crippen LogP contribution in [0.1, 0.15) is 22.4 Å². The minimum absolute atomic E-state index is 0. The summed E-state index contributed by atoms with van der Waals surface area (Å²) >= 11 is 1.78. The molecule has 0 saturated carbocycles. The second-order valence-electron chi connectivity index (χ2n) is 6.26. The lowest BCUT2D eigenvalue weighted by Gasteiger charge is -2.29. The highest BCUT2D eigenvalue weighted by Crippen LogP contribution is 2.18. The van der Waals surface area contributed by atoms with Crippen molar-refractivity contribution in [2.24, 2.45) is 4.99 Å². The van der Waals surface area contributed by atoms with Gasteiger partial charge in [-0.15, -0.1) is 35.3 Å². The fourth-order valence-electron chi connectivity index (χ4n) is 2.94. The van der Waals surface area contributed by atoms with Crippen LogP contribution in [0.25, 0.3) is 0 Å². The van der Waals surface area contributed by atoms with Crippen molar-refractivity contribution in [3.05, 3.63) is 40.0 Å². The van der Waals surface area contributed by atoms with Crippen LogP contribution in [0.4, 0.5) is 5.82 Å². The maximum Gasteiger partial charge on any atom is 0.191 e. The molecule has 1 aliphatic rings. The van der Waals surface area contributed by atoms with Crippen molar-refractivity contribution in [1.82, 2.24) is 20.6 Å². The van der Waals surface area contributed by atoms with E-state index in [-0.39, 0.29) is 24.0 Å². The molecular formula is C19H29IN6OS. The molecule has 0 aromatic carbocycles. The number of ether oxygens (including phenoxy) is 1. The van der Waals surface area contributed by atoms with Gasteiger partial charge < -0.3 is 20.3 Å². The molecule has 0 atom stereocenters. The summed E-state index contributed by atoms with van der Waals surface area (Å²) in [4.78, 5) is 17.0. The number of guanidine groups is 1. The van der Waals surface area contributed by atoms with E-state index in [2.05, 4.69) is 43.5 Å². The van der Waals surface area contributed by atoms with E-state index in [1.807, 2.05) is 18.5 Å². The first-order valence-corrected chi connectivity index (χ1v) is 10.3. The average molecular weight is 516 g/mol. The molecule has 3 heterocycles. The van der Waals surface area contributed by atoms with Gasteiger partial charge in [-0.05, 0) is 12.5 Å². The molecule has 3 rings (SSSR count). The lowest BCUT2D eigenvalue weighted by atomic mass is 10.2. The third kappa shape index (κ3) is 6.56. The van der Waals surface area contributed by atoms with Crippen LogP contribution in [0.2, 0.25) is 0 Å². The molecule has 0 unspecified atom stereocenters. The summed E-state index contributed by atoms with van der Waals surface area (Å²) in [5.74, 6) is 1.82. The zero-order valence-corrected chi connectivity index (χ0v) is 19.6. The van der Waals surface area contributed by atoms with Crippen LogP contribution in [0, 0.1) is 0 Å². The number of morpholine rings is 1. The number of aryl methyl sites for hydroxylation is 1. The SMILES string of the molecule is CCc1cnc(CCNC(=NC)NCc2cccnc2N2CCOCC2)s1.I. The molecule has 1 fully saturated rings. The predicted molar refractivity (Wildman–Crippen MR) is 126 cm³/mol. The number of nitrogens with zero attached hydrogens (tertiary/aromatic N) is 4. The van der Waals surface area contributed by atoms with E-state index in [4.69, 9.17) is 4.74 Å². The molecule has 7 nitrogen and oxygen atoms in total. The van der Waals surface area contributed by atoms with E-state index in [0.717, 1.165) is 68.0 Å². The van der Waals surface area contributed by atoms with E-state index in [0.29, 0.717) is 6.54 Å². The predicted octanol–water partition coefficient (Wildman–Crippen LogP) is 2.46. The molecule has 1 saturated heterocycles. The maximum absolute atomic E-state index is 5.45. The Kier molecular flexibility index (Phi) is 9.93. The van der Waals surface area contributed by atoms with Crippen LogP contribution in [-0.4, -0.2) is 55.8 Å². The summed E-state index contributed by atoms with van der Waals surface area (Å²) in [5.41, 5.74) is 1.16. The molecule has 154 valence electrons. The summed E-state index contributed by atoms with van der Waals surface area (Å²) < 4.78 is 5.45. The minimum atomic E-state index is 0. The molecule has 9 heteroatoms. The van der Waals surface area contributed by atoms with Crippen molar-refractivity contribution >= 4 is 47.1 Å². The standard InChI is InChI=1S/C19H28N6OS.HI/c1-3-16-14-23-17(27-16)6-8-22-19(20-2)24-13-15-5-4-7-21-18(15)25-9-11-26-12-10-25;/h4-5,7,14H,3,6,8-13H2,1-2H3,(H2,20,22,24);1H. The lowest BCUT2D eigenvalue weighted by Crippen LogP contribution is -2.40. The highest BCUT2D eigenvalue weighted by molar-refractivity contribution is 14.0. The third-order valence-electron chi connectivity index (χ3n) is 4.43. The summed E-state index contributed by atoms with van der Waals surface area (Å²) in [7, 11) is 1.79. The molecule has 0 spiro atoms. The first-order valence-electron chi connectivity index (χ1n) is 9.44. The maximum atomic E-state index is 5.45. The van der Waals surface area contributed by atoms with Crippen LogP contribution in [0.5, 0.6) is 0 Å².